The van der Waals surface area contributed by atoms with Crippen LogP contribution in [0.2, 0.25) is 0 Å². The molecule has 0 radical (unpaired) electrons. The van der Waals surface area contributed by atoms with Crippen molar-refractivity contribution in [2.75, 3.05) is 5.01 Å². The number of amides is 2. The molecule has 2 aromatic carbocycles. The summed E-state index contributed by atoms with van der Waals surface area (Å²) >= 11 is 0. The van der Waals surface area contributed by atoms with Gasteiger partial charge in [0.05, 0.1) is 6.04 Å². The Balaban J connectivity index is 1.59. The van der Waals surface area contributed by atoms with Crippen molar-refractivity contribution >= 4 is 11.8 Å². The highest BCUT2D eigenvalue weighted by molar-refractivity contribution is 6.00. The van der Waals surface area contributed by atoms with Gasteiger partial charge in [0, 0.05) is 36.5 Å². The van der Waals surface area contributed by atoms with Crippen molar-refractivity contribution in [3.05, 3.63) is 111 Å². The molecule has 0 aliphatic carbocycles. The van der Waals surface area contributed by atoms with E-state index in [1.807, 2.05) is 44.0 Å². The maximum Gasteiger partial charge on any atom is 0.278 e. The molecule has 11 heteroatoms. The standard InChI is InChI=1S/C29H27F3N4O4/c1-16-9-10-17(2)36-18(3)35(16)29(39)25-27(40-15-19-7-5-4-6-8-19)26(37)22(14-34(25)36)28(38)33-13-21-23(31)11-20(30)12-24(21)32/h4-12,14,16-18H,13,15H2,1-3H3,(H,33,38)/t16-,17+,18?/m0/s1. The molecule has 1 unspecified atom stereocenters. The van der Waals surface area contributed by atoms with E-state index in [2.05, 4.69) is 5.32 Å². The van der Waals surface area contributed by atoms with Crippen LogP contribution in [0, 0.1) is 17.5 Å². The van der Waals surface area contributed by atoms with Gasteiger partial charge in [-0.3, -0.25) is 24.1 Å². The molecule has 2 aliphatic heterocycles. The Morgan fingerprint density at radius 3 is 2.30 bits per heavy atom. The van der Waals surface area contributed by atoms with Gasteiger partial charge in [-0.15, -0.1) is 0 Å². The first-order valence-electron chi connectivity index (χ1n) is 12.8. The van der Waals surface area contributed by atoms with Crippen LogP contribution in [0.15, 0.2) is 65.6 Å². The van der Waals surface area contributed by atoms with Gasteiger partial charge in [-0.1, -0.05) is 42.5 Å². The van der Waals surface area contributed by atoms with Gasteiger partial charge in [0.1, 0.15) is 35.8 Å². The maximum atomic E-state index is 14.2. The van der Waals surface area contributed by atoms with Crippen molar-refractivity contribution in [1.29, 1.82) is 0 Å². The smallest absolute Gasteiger partial charge is 0.278 e. The lowest BCUT2D eigenvalue weighted by Crippen LogP contribution is -2.63. The predicted octanol–water partition coefficient (Wildman–Crippen LogP) is 3.86. The van der Waals surface area contributed by atoms with Crippen LogP contribution in [0.3, 0.4) is 0 Å². The number of halogens is 3. The van der Waals surface area contributed by atoms with Crippen molar-refractivity contribution in [3.8, 4) is 5.75 Å². The van der Waals surface area contributed by atoms with Crippen LogP contribution in [-0.4, -0.2) is 39.6 Å². The maximum absolute atomic E-state index is 14.2. The molecular weight excluding hydrogens is 525 g/mol. The van der Waals surface area contributed by atoms with Gasteiger partial charge in [0.15, 0.2) is 11.4 Å². The van der Waals surface area contributed by atoms with E-state index < -0.39 is 58.5 Å². The average Bonchev–Trinajstić information content (AvgIpc) is 2.99. The summed E-state index contributed by atoms with van der Waals surface area (Å²) in [4.78, 5) is 42.4. The number of ether oxygens (including phenoxy) is 1. The summed E-state index contributed by atoms with van der Waals surface area (Å²) in [5, 5.41) is 4.17. The summed E-state index contributed by atoms with van der Waals surface area (Å²) in [5.74, 6) is -5.15. The quantitative estimate of drug-likeness (QED) is 0.470. The van der Waals surface area contributed by atoms with Crippen molar-refractivity contribution in [1.82, 2.24) is 14.9 Å². The van der Waals surface area contributed by atoms with E-state index in [-0.39, 0.29) is 30.1 Å². The van der Waals surface area contributed by atoms with Crippen LogP contribution < -0.4 is 20.5 Å². The zero-order chi connectivity index (χ0) is 28.7. The number of nitrogens with one attached hydrogen (secondary N) is 1. The molecule has 40 heavy (non-hydrogen) atoms. The second-order valence-electron chi connectivity index (χ2n) is 9.79. The molecule has 5 rings (SSSR count). The third-order valence-electron chi connectivity index (χ3n) is 7.14. The number of carbonyl (C=O) groups excluding carboxylic acids is 2. The summed E-state index contributed by atoms with van der Waals surface area (Å²) < 4.78 is 49.0. The Kier molecular flexibility index (Phi) is 7.14. The van der Waals surface area contributed by atoms with Gasteiger partial charge in [-0.25, -0.2) is 13.2 Å². The Labute approximate surface area is 228 Å². The molecular formula is C29H27F3N4O4. The Morgan fingerprint density at radius 2 is 1.62 bits per heavy atom. The summed E-state index contributed by atoms with van der Waals surface area (Å²) in [5.41, 5.74) is -1.11. The molecule has 1 N–H and O–H groups in total. The van der Waals surface area contributed by atoms with Gasteiger partial charge in [-0.05, 0) is 26.3 Å². The highest BCUT2D eigenvalue weighted by atomic mass is 19.1. The number of hydrogen-bond donors (Lipinski definition) is 1. The number of pyridine rings is 1. The second kappa shape index (κ2) is 10.6. The van der Waals surface area contributed by atoms with E-state index >= 15 is 0 Å². The fourth-order valence-electron chi connectivity index (χ4n) is 5.15. The number of benzene rings is 2. The van der Waals surface area contributed by atoms with Crippen LogP contribution >= 0.6 is 0 Å². The molecule has 2 amide bonds. The van der Waals surface area contributed by atoms with Crippen LogP contribution in [0.5, 0.6) is 5.75 Å². The lowest BCUT2D eigenvalue weighted by atomic mass is 10.1. The van der Waals surface area contributed by atoms with Crippen molar-refractivity contribution in [2.24, 2.45) is 0 Å². The molecule has 2 aliphatic rings. The molecule has 208 valence electrons. The monoisotopic (exact) mass is 552 g/mol. The van der Waals surface area contributed by atoms with Crippen LogP contribution in [-0.2, 0) is 13.2 Å². The van der Waals surface area contributed by atoms with Crippen LogP contribution in [0.4, 0.5) is 13.2 Å². The molecule has 1 aromatic heterocycles. The zero-order valence-electron chi connectivity index (χ0n) is 22.0. The van der Waals surface area contributed by atoms with Crippen LogP contribution in [0.1, 0.15) is 52.7 Å². The lowest BCUT2D eigenvalue weighted by molar-refractivity contribution is 0.0537. The summed E-state index contributed by atoms with van der Waals surface area (Å²) in [6, 6.07) is 9.49. The van der Waals surface area contributed by atoms with Gasteiger partial charge < -0.3 is 15.0 Å². The SMILES string of the molecule is CC1N2C(=O)c3c(OCc4ccccc4)c(=O)c(C(=O)NCc4c(F)cc(F)cc4F)cn3N1[C@H](C)C=C[C@@H]2C. The fraction of sp³-hybridized carbons (Fsp3) is 0.276. The van der Waals surface area contributed by atoms with Gasteiger partial charge in [0.2, 0.25) is 5.43 Å². The topological polar surface area (TPSA) is 83.9 Å². The predicted molar refractivity (Wildman–Crippen MR) is 141 cm³/mol. The third-order valence-corrected chi connectivity index (χ3v) is 7.14. The molecule has 0 fully saturated rings. The van der Waals surface area contributed by atoms with E-state index in [4.69, 9.17) is 4.74 Å². The molecule has 3 aromatic rings. The number of nitrogens with zero attached hydrogens (tertiary/aromatic N) is 3. The van der Waals surface area contributed by atoms with Crippen molar-refractivity contribution < 1.29 is 27.5 Å². The van der Waals surface area contributed by atoms with Crippen molar-refractivity contribution in [3.63, 3.8) is 0 Å². The number of rotatable bonds is 6. The number of carbonyl (C=O) groups is 2. The summed E-state index contributed by atoms with van der Waals surface area (Å²) in [6.07, 6.45) is 4.62. The lowest BCUT2D eigenvalue weighted by Gasteiger charge is -2.47. The summed E-state index contributed by atoms with van der Waals surface area (Å²) in [6.45, 7) is 4.93. The molecule has 0 saturated carbocycles. The highest BCUT2D eigenvalue weighted by Crippen LogP contribution is 2.31. The number of aromatic nitrogens is 1. The Hall–Kier alpha value is -4.54. The molecule has 8 nitrogen and oxygen atoms in total. The Morgan fingerprint density at radius 1 is 0.975 bits per heavy atom. The minimum atomic E-state index is -1.18. The first-order valence-corrected chi connectivity index (χ1v) is 12.8. The largest absolute Gasteiger partial charge is 0.482 e. The second-order valence-corrected chi connectivity index (χ2v) is 9.79. The fourth-order valence-corrected chi connectivity index (χ4v) is 5.15. The molecule has 0 saturated heterocycles. The zero-order valence-corrected chi connectivity index (χ0v) is 22.0. The van der Waals surface area contributed by atoms with E-state index in [0.717, 1.165) is 5.56 Å². The van der Waals surface area contributed by atoms with Crippen LogP contribution in [0.25, 0.3) is 0 Å². The number of hydrogen-bond acceptors (Lipinski definition) is 5. The average molecular weight is 553 g/mol. The summed E-state index contributed by atoms with van der Waals surface area (Å²) in [7, 11) is 0. The van der Waals surface area contributed by atoms with E-state index in [1.165, 1.54) is 10.9 Å². The first-order chi connectivity index (χ1) is 19.1. The van der Waals surface area contributed by atoms with E-state index in [0.29, 0.717) is 12.1 Å². The van der Waals surface area contributed by atoms with Crippen molar-refractivity contribution in [2.45, 2.75) is 52.2 Å². The first kappa shape index (κ1) is 27.0. The molecule has 2 bridgehead atoms. The molecule has 3 heterocycles. The Bertz CT molecular complexity index is 1550. The van der Waals surface area contributed by atoms with E-state index in [9.17, 15) is 27.6 Å². The molecule has 0 spiro atoms. The minimum Gasteiger partial charge on any atom is -0.482 e. The molecule has 3 atom stereocenters. The van der Waals surface area contributed by atoms with Gasteiger partial charge in [0.25, 0.3) is 11.8 Å². The minimum absolute atomic E-state index is 0.0337. The van der Waals surface area contributed by atoms with Gasteiger partial charge in [-0.2, -0.15) is 0 Å². The van der Waals surface area contributed by atoms with E-state index in [1.54, 1.807) is 29.2 Å². The third kappa shape index (κ3) is 4.72. The highest BCUT2D eigenvalue weighted by Gasteiger charge is 2.43. The normalized spacial score (nSPS) is 19.8. The number of fused-ring (bicyclic) bond motifs is 4. The van der Waals surface area contributed by atoms with Gasteiger partial charge >= 0.3 is 0 Å².